The van der Waals surface area contributed by atoms with Gasteiger partial charge in [0.2, 0.25) is 16.8 Å². The molecule has 2 N–H and O–H groups in total. The van der Waals surface area contributed by atoms with Gasteiger partial charge in [-0.15, -0.1) is 0 Å². The third kappa shape index (κ3) is 5.15. The first-order valence-electron chi connectivity index (χ1n) is 10.8. The Balaban J connectivity index is 1.26. The Morgan fingerprint density at radius 2 is 1.78 bits per heavy atom. The number of carbonyl (C=O) groups is 1. The highest BCUT2D eigenvalue weighted by atomic mass is 32.2. The molecule has 0 saturated heterocycles. The van der Waals surface area contributed by atoms with Gasteiger partial charge in [0.1, 0.15) is 16.9 Å². The number of halogens is 4. The molecule has 1 aliphatic carbocycles. The van der Waals surface area contributed by atoms with E-state index >= 15 is 0 Å². The van der Waals surface area contributed by atoms with Gasteiger partial charge in [-0.05, 0) is 48.7 Å². The quantitative estimate of drug-likeness (QED) is 0.347. The fourth-order valence-electron chi connectivity index (χ4n) is 3.63. The molecule has 1 saturated carbocycles. The maximum Gasteiger partial charge on any atom is 0.451 e. The van der Waals surface area contributed by atoms with E-state index in [1.54, 1.807) is 12.1 Å². The van der Waals surface area contributed by atoms with Crippen LogP contribution < -0.4 is 10.0 Å². The van der Waals surface area contributed by atoms with Crippen molar-refractivity contribution in [3.05, 3.63) is 72.2 Å². The lowest BCUT2D eigenvalue weighted by molar-refractivity contribution is -0.145. The second-order valence-corrected chi connectivity index (χ2v) is 10.1. The average Bonchev–Trinajstić information content (AvgIpc) is 3.49. The molecule has 0 radical (unpaired) electrons. The van der Waals surface area contributed by atoms with Crippen molar-refractivity contribution in [1.29, 1.82) is 0 Å². The van der Waals surface area contributed by atoms with E-state index in [-0.39, 0.29) is 35.9 Å². The number of nitrogens with one attached hydrogen (secondary N) is 2. The average molecular weight is 535 g/mol. The number of benzene rings is 1. The SMILES string of the molecule is O=C(NCc1ccnc(-c2cnc(C(F)(F)F)nc2)c1)C1(NS(=O)(=O)c2cc3cc(F)ccc3o2)CC1. The Morgan fingerprint density at radius 1 is 1.05 bits per heavy atom. The number of aromatic nitrogens is 3. The van der Waals surface area contributed by atoms with Crippen molar-refractivity contribution in [2.24, 2.45) is 0 Å². The summed E-state index contributed by atoms with van der Waals surface area (Å²) in [5, 5.41) is 2.49. The van der Waals surface area contributed by atoms with Crippen LogP contribution in [0.5, 0.6) is 0 Å². The molecule has 9 nitrogen and oxygen atoms in total. The molecule has 1 amide bonds. The van der Waals surface area contributed by atoms with Gasteiger partial charge >= 0.3 is 6.18 Å². The predicted molar refractivity (Wildman–Crippen MR) is 121 cm³/mol. The second kappa shape index (κ2) is 8.88. The van der Waals surface area contributed by atoms with E-state index < -0.39 is 44.4 Å². The lowest BCUT2D eigenvalue weighted by Crippen LogP contribution is -2.48. The molecule has 3 aromatic heterocycles. The van der Waals surface area contributed by atoms with Gasteiger partial charge in [0.25, 0.3) is 10.0 Å². The van der Waals surface area contributed by atoms with Gasteiger partial charge in [0.15, 0.2) is 0 Å². The number of hydrogen-bond donors (Lipinski definition) is 2. The molecule has 14 heteroatoms. The number of rotatable bonds is 7. The monoisotopic (exact) mass is 535 g/mol. The first-order valence-corrected chi connectivity index (χ1v) is 12.3. The third-order valence-electron chi connectivity index (χ3n) is 5.71. The van der Waals surface area contributed by atoms with Gasteiger partial charge in [-0.2, -0.15) is 17.9 Å². The van der Waals surface area contributed by atoms with Gasteiger partial charge in [0.05, 0.1) is 5.69 Å². The molecule has 1 aliphatic rings. The highest BCUT2D eigenvalue weighted by Gasteiger charge is 2.53. The van der Waals surface area contributed by atoms with E-state index in [4.69, 9.17) is 4.42 Å². The zero-order valence-corrected chi connectivity index (χ0v) is 19.5. The zero-order chi connectivity index (χ0) is 26.4. The number of carbonyl (C=O) groups excluding carboxylic acids is 1. The molecular weight excluding hydrogens is 518 g/mol. The van der Waals surface area contributed by atoms with Gasteiger partial charge in [-0.25, -0.2) is 22.8 Å². The number of furan rings is 1. The fourth-order valence-corrected chi connectivity index (χ4v) is 5.02. The van der Waals surface area contributed by atoms with Crippen LogP contribution in [0.3, 0.4) is 0 Å². The smallest absolute Gasteiger partial charge is 0.443 e. The van der Waals surface area contributed by atoms with Gasteiger partial charge in [-0.3, -0.25) is 9.78 Å². The summed E-state index contributed by atoms with van der Waals surface area (Å²) in [6.07, 6.45) is -0.730. The maximum atomic E-state index is 13.4. The number of alkyl halides is 3. The number of fused-ring (bicyclic) bond motifs is 1. The Bertz CT molecular complexity index is 1600. The van der Waals surface area contributed by atoms with Crippen LogP contribution in [0.4, 0.5) is 17.6 Å². The molecule has 0 bridgehead atoms. The van der Waals surface area contributed by atoms with E-state index in [1.807, 2.05) is 0 Å². The summed E-state index contributed by atoms with van der Waals surface area (Å²) in [5.74, 6) is -2.38. The third-order valence-corrected chi connectivity index (χ3v) is 7.10. The Morgan fingerprint density at radius 3 is 2.46 bits per heavy atom. The molecular formula is C23H17F4N5O4S. The van der Waals surface area contributed by atoms with E-state index in [9.17, 15) is 30.8 Å². The summed E-state index contributed by atoms with van der Waals surface area (Å²) in [7, 11) is -4.22. The lowest BCUT2D eigenvalue weighted by atomic mass is 10.1. The molecule has 4 aromatic rings. The highest BCUT2D eigenvalue weighted by molar-refractivity contribution is 7.89. The van der Waals surface area contributed by atoms with Crippen LogP contribution >= 0.6 is 0 Å². The Labute approximate surface area is 207 Å². The van der Waals surface area contributed by atoms with Crippen LogP contribution in [-0.2, 0) is 27.5 Å². The standard InChI is InChI=1S/C23H17F4N5O4S/c24-16-1-2-18-14(8-16)9-19(36-18)37(34,35)32-22(4-5-22)21(33)31-10-13-3-6-28-17(7-13)15-11-29-20(30-12-15)23(25,26)27/h1-3,6-9,11-12,32H,4-5,10H2,(H,31,33). The number of sulfonamides is 1. The van der Waals surface area contributed by atoms with Crippen LogP contribution in [0.2, 0.25) is 0 Å². The van der Waals surface area contributed by atoms with Crippen LogP contribution in [0.1, 0.15) is 24.2 Å². The van der Waals surface area contributed by atoms with E-state index in [0.29, 0.717) is 11.3 Å². The highest BCUT2D eigenvalue weighted by Crippen LogP contribution is 2.38. The first-order chi connectivity index (χ1) is 17.5. The number of amides is 1. The van der Waals surface area contributed by atoms with E-state index in [2.05, 4.69) is 25.0 Å². The van der Waals surface area contributed by atoms with Crippen molar-refractivity contribution >= 4 is 26.9 Å². The lowest BCUT2D eigenvalue weighted by Gasteiger charge is -2.16. The summed E-state index contributed by atoms with van der Waals surface area (Å²) in [6.45, 7) is 0.00321. The number of nitrogens with zero attached hydrogens (tertiary/aromatic N) is 3. The molecule has 192 valence electrons. The minimum Gasteiger partial charge on any atom is -0.443 e. The van der Waals surface area contributed by atoms with Gasteiger partial charge < -0.3 is 9.73 Å². The van der Waals surface area contributed by atoms with Crippen molar-refractivity contribution in [3.63, 3.8) is 0 Å². The molecule has 37 heavy (non-hydrogen) atoms. The van der Waals surface area contributed by atoms with Gasteiger partial charge in [-0.1, -0.05) is 0 Å². The van der Waals surface area contributed by atoms with Crippen molar-refractivity contribution in [1.82, 2.24) is 25.0 Å². The first kappa shape index (κ1) is 24.8. The Kier molecular flexibility index (Phi) is 5.95. The fraction of sp³-hybridized carbons (Fsp3) is 0.217. The normalized spacial score (nSPS) is 15.0. The van der Waals surface area contributed by atoms with E-state index in [0.717, 1.165) is 24.5 Å². The summed E-state index contributed by atoms with van der Waals surface area (Å²) < 4.78 is 84.9. The van der Waals surface area contributed by atoms with E-state index in [1.165, 1.54) is 18.3 Å². The molecule has 0 atom stereocenters. The van der Waals surface area contributed by atoms with Crippen molar-refractivity contribution in [2.45, 2.75) is 36.2 Å². The minimum atomic E-state index is -4.67. The molecule has 5 rings (SSSR count). The largest absolute Gasteiger partial charge is 0.451 e. The summed E-state index contributed by atoms with van der Waals surface area (Å²) in [4.78, 5) is 23.6. The number of hydrogen-bond acceptors (Lipinski definition) is 7. The maximum absolute atomic E-state index is 13.4. The molecule has 0 unspecified atom stereocenters. The minimum absolute atomic E-state index is 0.00321. The van der Waals surface area contributed by atoms with Gasteiger partial charge in [0, 0.05) is 42.2 Å². The molecule has 1 fully saturated rings. The second-order valence-electron chi connectivity index (χ2n) is 8.46. The Hall–Kier alpha value is -3.91. The molecule has 0 aliphatic heterocycles. The van der Waals surface area contributed by atoms with Crippen LogP contribution in [0.25, 0.3) is 22.2 Å². The molecule has 3 heterocycles. The molecule has 1 aromatic carbocycles. The predicted octanol–water partition coefficient (Wildman–Crippen LogP) is 3.57. The van der Waals surface area contributed by atoms with Crippen molar-refractivity contribution < 1.29 is 35.2 Å². The topological polar surface area (TPSA) is 127 Å². The molecule has 0 spiro atoms. The summed E-state index contributed by atoms with van der Waals surface area (Å²) in [5.41, 5.74) is -0.0682. The van der Waals surface area contributed by atoms with Crippen LogP contribution in [0.15, 0.2) is 64.5 Å². The van der Waals surface area contributed by atoms with Crippen molar-refractivity contribution in [3.8, 4) is 11.3 Å². The zero-order valence-electron chi connectivity index (χ0n) is 18.7. The summed E-state index contributed by atoms with van der Waals surface area (Å²) in [6, 6.07) is 7.90. The van der Waals surface area contributed by atoms with Crippen LogP contribution in [0, 0.1) is 5.82 Å². The van der Waals surface area contributed by atoms with Crippen LogP contribution in [-0.4, -0.2) is 34.8 Å². The van der Waals surface area contributed by atoms with Crippen molar-refractivity contribution in [2.75, 3.05) is 0 Å². The summed E-state index contributed by atoms with van der Waals surface area (Å²) >= 11 is 0. The number of pyridine rings is 1.